The van der Waals surface area contributed by atoms with Gasteiger partial charge in [-0.05, 0) is 36.3 Å². The van der Waals surface area contributed by atoms with E-state index in [2.05, 4.69) is 33.7 Å². The highest BCUT2D eigenvalue weighted by Gasteiger charge is 2.13. The maximum absolute atomic E-state index is 6.02. The van der Waals surface area contributed by atoms with E-state index in [-0.39, 0.29) is 0 Å². The second kappa shape index (κ2) is 6.08. The SMILES string of the molecule is C=C1Oc2ccccc2C/C=C\C=C/1c1ccc2nccnc2n1. The molecule has 0 spiro atoms. The highest BCUT2D eigenvalue weighted by molar-refractivity contribution is 5.80. The summed E-state index contributed by atoms with van der Waals surface area (Å²) in [6.45, 7) is 4.09. The van der Waals surface area contributed by atoms with E-state index >= 15 is 0 Å². The van der Waals surface area contributed by atoms with Crippen molar-refractivity contribution in [3.05, 3.63) is 90.6 Å². The van der Waals surface area contributed by atoms with Gasteiger partial charge >= 0.3 is 0 Å². The molecule has 24 heavy (non-hydrogen) atoms. The fourth-order valence-corrected chi connectivity index (χ4v) is 2.64. The first kappa shape index (κ1) is 14.3. The molecule has 116 valence electrons. The van der Waals surface area contributed by atoms with Gasteiger partial charge in [0.25, 0.3) is 0 Å². The van der Waals surface area contributed by atoms with Crippen LogP contribution in [-0.2, 0) is 6.42 Å². The molecule has 1 aliphatic heterocycles. The summed E-state index contributed by atoms with van der Waals surface area (Å²) in [6, 6.07) is 11.8. The van der Waals surface area contributed by atoms with E-state index in [1.165, 1.54) is 0 Å². The van der Waals surface area contributed by atoms with Gasteiger partial charge in [-0.3, -0.25) is 4.98 Å². The van der Waals surface area contributed by atoms with Gasteiger partial charge in [-0.25, -0.2) is 9.97 Å². The zero-order valence-electron chi connectivity index (χ0n) is 13.0. The molecule has 0 bridgehead atoms. The van der Waals surface area contributed by atoms with E-state index in [9.17, 15) is 0 Å². The van der Waals surface area contributed by atoms with Gasteiger partial charge in [-0.15, -0.1) is 0 Å². The molecular formula is C20H15N3O. The van der Waals surface area contributed by atoms with E-state index in [1.54, 1.807) is 12.4 Å². The first-order valence-electron chi connectivity index (χ1n) is 7.71. The van der Waals surface area contributed by atoms with Crippen molar-refractivity contribution in [3.63, 3.8) is 0 Å². The Morgan fingerprint density at radius 2 is 1.88 bits per heavy atom. The summed E-state index contributed by atoms with van der Waals surface area (Å²) in [5.74, 6) is 1.38. The fourth-order valence-electron chi connectivity index (χ4n) is 2.64. The molecule has 3 aromatic rings. The van der Waals surface area contributed by atoms with Crippen LogP contribution in [-0.4, -0.2) is 15.0 Å². The normalized spacial score (nSPS) is 17.7. The molecule has 0 radical (unpaired) electrons. The van der Waals surface area contributed by atoms with Crippen molar-refractivity contribution in [2.75, 3.05) is 0 Å². The maximum atomic E-state index is 6.02. The number of pyridine rings is 1. The van der Waals surface area contributed by atoms with E-state index in [1.807, 2.05) is 42.5 Å². The van der Waals surface area contributed by atoms with Crippen molar-refractivity contribution in [1.29, 1.82) is 0 Å². The topological polar surface area (TPSA) is 47.9 Å². The maximum Gasteiger partial charge on any atom is 0.178 e. The standard InChI is InChI=1S/C20H15N3O/c1-14-16(17-10-11-18-20(23-17)22-13-12-21-18)8-4-2-6-15-7-3-5-9-19(15)24-14/h2-5,7-13H,1,6H2/b4-2-,16-8+. The lowest BCUT2D eigenvalue weighted by Gasteiger charge is -2.13. The van der Waals surface area contributed by atoms with Gasteiger partial charge in [0.05, 0.1) is 5.69 Å². The summed E-state index contributed by atoms with van der Waals surface area (Å²) in [5, 5.41) is 0. The van der Waals surface area contributed by atoms with Crippen LogP contribution in [0.3, 0.4) is 0 Å². The Morgan fingerprint density at radius 1 is 1.00 bits per heavy atom. The molecule has 0 saturated carbocycles. The summed E-state index contributed by atoms with van der Waals surface area (Å²) in [6.07, 6.45) is 10.2. The van der Waals surface area contributed by atoms with Crippen LogP contribution in [0.1, 0.15) is 11.3 Å². The quantitative estimate of drug-likeness (QED) is 0.678. The Morgan fingerprint density at radius 3 is 2.83 bits per heavy atom. The average molecular weight is 313 g/mol. The summed E-state index contributed by atoms with van der Waals surface area (Å²) in [7, 11) is 0. The number of benzene rings is 1. The van der Waals surface area contributed by atoms with Crippen LogP contribution in [0, 0.1) is 0 Å². The fraction of sp³-hybridized carbons (Fsp3) is 0.0500. The predicted molar refractivity (Wildman–Crippen MR) is 94.4 cm³/mol. The minimum absolute atomic E-state index is 0.560. The lowest BCUT2D eigenvalue weighted by atomic mass is 10.1. The van der Waals surface area contributed by atoms with Crippen molar-refractivity contribution in [1.82, 2.24) is 15.0 Å². The minimum atomic E-state index is 0.560. The summed E-state index contributed by atoms with van der Waals surface area (Å²) < 4.78 is 6.02. The van der Waals surface area contributed by atoms with E-state index in [0.29, 0.717) is 11.4 Å². The van der Waals surface area contributed by atoms with Crippen molar-refractivity contribution in [3.8, 4) is 5.75 Å². The molecule has 0 amide bonds. The lowest BCUT2D eigenvalue weighted by Crippen LogP contribution is -2.01. The molecule has 0 atom stereocenters. The molecule has 2 aromatic heterocycles. The second-order valence-corrected chi connectivity index (χ2v) is 5.44. The zero-order valence-corrected chi connectivity index (χ0v) is 13.0. The molecule has 1 aromatic carbocycles. The monoisotopic (exact) mass is 313 g/mol. The van der Waals surface area contributed by atoms with Crippen LogP contribution in [0.15, 0.2) is 79.4 Å². The third-order valence-corrected chi connectivity index (χ3v) is 3.85. The number of aromatic nitrogens is 3. The van der Waals surface area contributed by atoms with Crippen LogP contribution in [0.4, 0.5) is 0 Å². The first-order chi connectivity index (χ1) is 11.8. The number of hydrogen-bond acceptors (Lipinski definition) is 4. The Kier molecular flexibility index (Phi) is 3.63. The van der Waals surface area contributed by atoms with Crippen LogP contribution < -0.4 is 4.74 Å². The minimum Gasteiger partial charge on any atom is -0.457 e. The molecular weight excluding hydrogens is 298 g/mol. The third-order valence-electron chi connectivity index (χ3n) is 3.85. The molecule has 0 saturated heterocycles. The second-order valence-electron chi connectivity index (χ2n) is 5.44. The Hall–Kier alpha value is -3.27. The highest BCUT2D eigenvalue weighted by atomic mass is 16.5. The third kappa shape index (κ3) is 2.70. The molecule has 1 aliphatic rings. The number of nitrogens with zero attached hydrogens (tertiary/aromatic N) is 3. The molecule has 0 fully saturated rings. The van der Waals surface area contributed by atoms with Crippen molar-refractivity contribution in [2.24, 2.45) is 0 Å². The van der Waals surface area contributed by atoms with Crippen LogP contribution in [0.5, 0.6) is 5.75 Å². The van der Waals surface area contributed by atoms with E-state index in [0.717, 1.165) is 34.5 Å². The van der Waals surface area contributed by atoms with Crippen molar-refractivity contribution < 1.29 is 4.74 Å². The van der Waals surface area contributed by atoms with Gasteiger partial charge in [-0.1, -0.05) is 36.9 Å². The van der Waals surface area contributed by atoms with Gasteiger partial charge in [0, 0.05) is 18.0 Å². The molecule has 0 N–H and O–H groups in total. The number of ether oxygens (including phenoxy) is 1. The van der Waals surface area contributed by atoms with Gasteiger partial charge in [0.1, 0.15) is 17.0 Å². The Labute approximate surface area is 139 Å². The van der Waals surface area contributed by atoms with Gasteiger partial charge in [-0.2, -0.15) is 0 Å². The summed E-state index contributed by atoms with van der Waals surface area (Å²) in [4.78, 5) is 13.1. The van der Waals surface area contributed by atoms with Crippen LogP contribution >= 0.6 is 0 Å². The largest absolute Gasteiger partial charge is 0.457 e. The number of para-hydroxylation sites is 1. The number of rotatable bonds is 1. The number of hydrogen-bond donors (Lipinski definition) is 0. The van der Waals surface area contributed by atoms with Crippen LogP contribution in [0.2, 0.25) is 0 Å². The van der Waals surface area contributed by atoms with E-state index in [4.69, 9.17) is 4.74 Å². The molecule has 0 unspecified atom stereocenters. The summed E-state index contributed by atoms with van der Waals surface area (Å²) >= 11 is 0. The van der Waals surface area contributed by atoms with Gasteiger partial charge in [0.2, 0.25) is 0 Å². The van der Waals surface area contributed by atoms with Gasteiger partial charge < -0.3 is 4.74 Å². The highest BCUT2D eigenvalue weighted by Crippen LogP contribution is 2.29. The first-order valence-corrected chi connectivity index (χ1v) is 7.71. The summed E-state index contributed by atoms with van der Waals surface area (Å²) in [5.41, 5.74) is 4.08. The average Bonchev–Trinajstić information content (AvgIpc) is 2.70. The Balaban J connectivity index is 1.77. The molecule has 0 aliphatic carbocycles. The molecule has 4 rings (SSSR count). The van der Waals surface area contributed by atoms with Gasteiger partial charge in [0.15, 0.2) is 5.65 Å². The zero-order chi connectivity index (χ0) is 16.4. The van der Waals surface area contributed by atoms with Crippen molar-refractivity contribution in [2.45, 2.75) is 6.42 Å². The van der Waals surface area contributed by atoms with Crippen molar-refractivity contribution >= 4 is 16.7 Å². The number of allylic oxidation sites excluding steroid dienone is 4. The molecule has 4 heteroatoms. The molecule has 3 heterocycles. The Bertz CT molecular complexity index is 989. The smallest absolute Gasteiger partial charge is 0.178 e. The lowest BCUT2D eigenvalue weighted by molar-refractivity contribution is 0.447. The van der Waals surface area contributed by atoms with E-state index < -0.39 is 0 Å². The van der Waals surface area contributed by atoms with Crippen LogP contribution in [0.25, 0.3) is 16.7 Å². The predicted octanol–water partition coefficient (Wildman–Crippen LogP) is 4.11. The number of fused-ring (bicyclic) bond motifs is 2. The molecule has 4 nitrogen and oxygen atoms in total.